The number of halogens is 1. The van der Waals surface area contributed by atoms with E-state index >= 15 is 0 Å². The zero-order valence-corrected chi connectivity index (χ0v) is 15.5. The van der Waals surface area contributed by atoms with E-state index in [1.54, 1.807) is 6.92 Å². The number of hydrogen-bond donors (Lipinski definition) is 2. The molecule has 24 heavy (non-hydrogen) atoms. The number of furan rings is 1. The average Bonchev–Trinajstić information content (AvgIpc) is 3.03. The number of allylic oxidation sites excluding steroid dienone is 1. The summed E-state index contributed by atoms with van der Waals surface area (Å²) in [4.78, 5) is 12.1. The maximum Gasteiger partial charge on any atom is 0.338 e. The zero-order valence-electron chi connectivity index (χ0n) is 13.1. The van der Waals surface area contributed by atoms with Crippen LogP contribution in [0.3, 0.4) is 0 Å². The van der Waals surface area contributed by atoms with Gasteiger partial charge in [-0.05, 0) is 37.3 Å². The Morgan fingerprint density at radius 3 is 2.75 bits per heavy atom. The molecule has 0 bridgehead atoms. The van der Waals surface area contributed by atoms with Gasteiger partial charge in [0.15, 0.2) is 5.11 Å². The molecule has 3 rings (SSSR count). The Hall–Kier alpha value is -2.12. The van der Waals surface area contributed by atoms with Crippen LogP contribution in [0.2, 0.25) is 0 Å². The summed E-state index contributed by atoms with van der Waals surface area (Å²) in [5, 5.41) is 6.44. The van der Waals surface area contributed by atoms with E-state index in [0.717, 1.165) is 10.0 Å². The van der Waals surface area contributed by atoms with Crippen LogP contribution in [0, 0.1) is 0 Å². The van der Waals surface area contributed by atoms with Gasteiger partial charge in [-0.3, -0.25) is 0 Å². The molecule has 0 spiro atoms. The number of benzene rings is 1. The van der Waals surface area contributed by atoms with Crippen molar-refractivity contribution in [2.45, 2.75) is 13.0 Å². The molecule has 124 valence electrons. The number of carbonyl (C=O) groups excluding carboxylic acids is 1. The Labute approximate surface area is 153 Å². The molecule has 7 heteroatoms. The van der Waals surface area contributed by atoms with Crippen LogP contribution in [0.25, 0.3) is 11.3 Å². The first-order valence-corrected chi connectivity index (χ1v) is 8.42. The predicted octanol–water partition coefficient (Wildman–Crippen LogP) is 3.67. The van der Waals surface area contributed by atoms with Gasteiger partial charge in [-0.15, -0.1) is 0 Å². The molecule has 0 saturated carbocycles. The van der Waals surface area contributed by atoms with Crippen LogP contribution in [0.15, 0.2) is 56.6 Å². The van der Waals surface area contributed by atoms with E-state index in [4.69, 9.17) is 21.4 Å². The summed E-state index contributed by atoms with van der Waals surface area (Å²) in [6.07, 6.45) is 0. The summed E-state index contributed by atoms with van der Waals surface area (Å²) in [5.74, 6) is 0.855. The van der Waals surface area contributed by atoms with Crippen molar-refractivity contribution in [2.75, 3.05) is 7.11 Å². The van der Waals surface area contributed by atoms with Gasteiger partial charge in [0.2, 0.25) is 0 Å². The highest BCUT2D eigenvalue weighted by molar-refractivity contribution is 9.10. The molecule has 1 aliphatic rings. The van der Waals surface area contributed by atoms with Crippen molar-refractivity contribution in [1.82, 2.24) is 10.6 Å². The van der Waals surface area contributed by atoms with E-state index in [1.165, 1.54) is 7.11 Å². The summed E-state index contributed by atoms with van der Waals surface area (Å²) in [6.45, 7) is 1.78. The number of ether oxygens (including phenoxy) is 1. The van der Waals surface area contributed by atoms with Crippen LogP contribution < -0.4 is 10.6 Å². The number of methoxy groups -OCH3 is 1. The van der Waals surface area contributed by atoms with Gasteiger partial charge in [-0.2, -0.15) is 0 Å². The van der Waals surface area contributed by atoms with Gasteiger partial charge in [0, 0.05) is 15.7 Å². The molecule has 2 N–H and O–H groups in total. The van der Waals surface area contributed by atoms with E-state index in [-0.39, 0.29) is 0 Å². The van der Waals surface area contributed by atoms with Gasteiger partial charge in [-0.1, -0.05) is 34.1 Å². The van der Waals surface area contributed by atoms with Crippen molar-refractivity contribution in [1.29, 1.82) is 0 Å². The maximum atomic E-state index is 12.1. The summed E-state index contributed by atoms with van der Waals surface area (Å²) >= 11 is 8.71. The Bertz CT molecular complexity index is 844. The SMILES string of the molecule is COC(=O)C1=C(C)NC(=S)NC1c1ccc(-c2ccccc2Br)o1. The number of hydrogen-bond acceptors (Lipinski definition) is 4. The van der Waals surface area contributed by atoms with E-state index in [1.807, 2.05) is 36.4 Å². The highest BCUT2D eigenvalue weighted by Crippen LogP contribution is 2.34. The number of nitrogens with one attached hydrogen (secondary N) is 2. The Morgan fingerprint density at radius 2 is 2.04 bits per heavy atom. The lowest BCUT2D eigenvalue weighted by Crippen LogP contribution is -2.44. The molecule has 0 fully saturated rings. The van der Waals surface area contributed by atoms with Crippen LogP contribution in [0.1, 0.15) is 18.7 Å². The number of esters is 1. The van der Waals surface area contributed by atoms with Gasteiger partial charge in [0.25, 0.3) is 0 Å². The fraction of sp³-hybridized carbons (Fsp3) is 0.176. The third-order valence-corrected chi connectivity index (χ3v) is 4.64. The van der Waals surface area contributed by atoms with E-state index in [9.17, 15) is 4.79 Å². The first-order valence-electron chi connectivity index (χ1n) is 7.22. The fourth-order valence-electron chi connectivity index (χ4n) is 2.60. The van der Waals surface area contributed by atoms with Crippen molar-refractivity contribution in [3.8, 4) is 11.3 Å². The molecule has 0 radical (unpaired) electrons. The largest absolute Gasteiger partial charge is 0.466 e. The van der Waals surface area contributed by atoms with Crippen LogP contribution in [0.4, 0.5) is 0 Å². The molecular formula is C17H15BrN2O3S. The monoisotopic (exact) mass is 406 g/mol. The van der Waals surface area contributed by atoms with Crippen molar-refractivity contribution in [3.63, 3.8) is 0 Å². The van der Waals surface area contributed by atoms with E-state index < -0.39 is 12.0 Å². The third kappa shape index (κ3) is 3.09. The second-order valence-corrected chi connectivity index (χ2v) is 6.51. The van der Waals surface area contributed by atoms with E-state index in [0.29, 0.717) is 27.9 Å². The molecule has 1 aliphatic heterocycles. The molecule has 5 nitrogen and oxygen atoms in total. The van der Waals surface area contributed by atoms with Gasteiger partial charge < -0.3 is 19.8 Å². The lowest BCUT2D eigenvalue weighted by atomic mass is 10.0. The first kappa shape index (κ1) is 16.7. The number of carbonyl (C=O) groups is 1. The minimum absolute atomic E-state index is 0.432. The molecule has 2 aromatic rings. The zero-order chi connectivity index (χ0) is 17.3. The highest BCUT2D eigenvalue weighted by atomic mass is 79.9. The first-order chi connectivity index (χ1) is 11.5. The fourth-order valence-corrected chi connectivity index (χ4v) is 3.35. The minimum atomic E-state index is -0.498. The molecule has 0 amide bonds. The van der Waals surface area contributed by atoms with Gasteiger partial charge in [0.1, 0.15) is 17.6 Å². The highest BCUT2D eigenvalue weighted by Gasteiger charge is 2.32. The van der Waals surface area contributed by atoms with Crippen LogP contribution in [-0.4, -0.2) is 18.2 Å². The lowest BCUT2D eigenvalue weighted by Gasteiger charge is -2.27. The maximum absolute atomic E-state index is 12.1. The standard InChI is InChI=1S/C17H15BrN2O3S/c1-9-14(16(21)22-2)15(20-17(24)19-9)13-8-7-12(23-13)10-5-3-4-6-11(10)18/h3-8,15H,1-2H3,(H2,19,20,24). The summed E-state index contributed by atoms with van der Waals surface area (Å²) in [7, 11) is 1.35. The molecule has 1 aromatic carbocycles. The summed E-state index contributed by atoms with van der Waals surface area (Å²) < 4.78 is 11.8. The van der Waals surface area contributed by atoms with Crippen LogP contribution >= 0.6 is 28.1 Å². The predicted molar refractivity (Wildman–Crippen MR) is 98.2 cm³/mol. The Kier molecular flexibility index (Phi) is 4.73. The minimum Gasteiger partial charge on any atom is -0.466 e. The molecule has 1 aromatic heterocycles. The molecule has 0 saturated heterocycles. The van der Waals surface area contributed by atoms with Crippen molar-refractivity contribution < 1.29 is 13.9 Å². The summed E-state index contributed by atoms with van der Waals surface area (Å²) in [6, 6.07) is 11.0. The Morgan fingerprint density at radius 1 is 1.29 bits per heavy atom. The molecule has 2 heterocycles. The van der Waals surface area contributed by atoms with Gasteiger partial charge in [-0.25, -0.2) is 4.79 Å². The van der Waals surface area contributed by atoms with Crippen molar-refractivity contribution in [3.05, 3.63) is 57.9 Å². The van der Waals surface area contributed by atoms with Gasteiger partial charge in [0.05, 0.1) is 12.7 Å². The second-order valence-electron chi connectivity index (χ2n) is 5.24. The molecule has 1 atom stereocenters. The van der Waals surface area contributed by atoms with Crippen LogP contribution in [-0.2, 0) is 9.53 Å². The second kappa shape index (κ2) is 6.78. The molecule has 1 unspecified atom stereocenters. The Balaban J connectivity index is 2.02. The normalized spacial score (nSPS) is 17.3. The third-order valence-electron chi connectivity index (χ3n) is 3.73. The van der Waals surface area contributed by atoms with Crippen molar-refractivity contribution in [2.24, 2.45) is 0 Å². The average molecular weight is 407 g/mol. The molecular weight excluding hydrogens is 392 g/mol. The topological polar surface area (TPSA) is 63.5 Å². The number of rotatable bonds is 3. The number of thiocarbonyl (C=S) groups is 1. The van der Waals surface area contributed by atoms with Crippen molar-refractivity contribution >= 4 is 39.2 Å². The summed E-state index contributed by atoms with van der Waals surface area (Å²) in [5.41, 5.74) is 2.02. The van der Waals surface area contributed by atoms with Gasteiger partial charge >= 0.3 is 5.97 Å². The lowest BCUT2D eigenvalue weighted by molar-refractivity contribution is -0.136. The smallest absolute Gasteiger partial charge is 0.338 e. The molecule has 0 aliphatic carbocycles. The van der Waals surface area contributed by atoms with Crippen LogP contribution in [0.5, 0.6) is 0 Å². The quantitative estimate of drug-likeness (QED) is 0.598. The van der Waals surface area contributed by atoms with E-state index in [2.05, 4.69) is 26.6 Å².